The van der Waals surface area contributed by atoms with Crippen LogP contribution in [-0.4, -0.2) is 12.6 Å². The number of halogens is 1. The van der Waals surface area contributed by atoms with Gasteiger partial charge in [0.15, 0.2) is 0 Å². The van der Waals surface area contributed by atoms with Crippen LogP contribution >= 0.6 is 0 Å². The van der Waals surface area contributed by atoms with E-state index in [-0.39, 0.29) is 11.2 Å². The van der Waals surface area contributed by atoms with Gasteiger partial charge in [0.05, 0.1) is 0 Å². The monoisotopic (exact) mass is 263 g/mol. The topological polar surface area (TPSA) is 12.0 Å². The van der Waals surface area contributed by atoms with Crippen molar-refractivity contribution in [1.29, 1.82) is 0 Å². The van der Waals surface area contributed by atoms with E-state index in [9.17, 15) is 4.39 Å². The van der Waals surface area contributed by atoms with Gasteiger partial charge in [-0.1, -0.05) is 38.8 Å². The molecule has 1 aliphatic carbocycles. The maximum absolute atomic E-state index is 13.2. The molecule has 0 spiro atoms. The summed E-state index contributed by atoms with van der Waals surface area (Å²) in [6.45, 7) is 5.51. The van der Waals surface area contributed by atoms with E-state index in [4.69, 9.17) is 0 Å². The Hall–Kier alpha value is -0.890. The van der Waals surface area contributed by atoms with E-state index in [1.807, 2.05) is 12.1 Å². The fourth-order valence-electron chi connectivity index (χ4n) is 3.08. The van der Waals surface area contributed by atoms with Crippen LogP contribution < -0.4 is 5.32 Å². The Morgan fingerprint density at radius 3 is 2.16 bits per heavy atom. The van der Waals surface area contributed by atoms with Gasteiger partial charge in [-0.3, -0.25) is 0 Å². The molecule has 1 saturated carbocycles. The van der Waals surface area contributed by atoms with Gasteiger partial charge >= 0.3 is 0 Å². The van der Waals surface area contributed by atoms with E-state index < -0.39 is 0 Å². The van der Waals surface area contributed by atoms with Crippen molar-refractivity contribution >= 4 is 0 Å². The van der Waals surface area contributed by atoms with E-state index >= 15 is 0 Å². The smallest absolute Gasteiger partial charge is 0.123 e. The van der Waals surface area contributed by atoms with Gasteiger partial charge in [0, 0.05) is 18.0 Å². The zero-order valence-electron chi connectivity index (χ0n) is 12.2. The Kier molecular flexibility index (Phi) is 4.98. The van der Waals surface area contributed by atoms with Gasteiger partial charge in [-0.15, -0.1) is 0 Å². The second-order valence-electron chi connectivity index (χ2n) is 5.94. The SMILES string of the molecule is CCCC(CCC)(CNC1CC1)c1ccc(F)cc1. The maximum Gasteiger partial charge on any atom is 0.123 e. The molecule has 0 aliphatic heterocycles. The van der Waals surface area contributed by atoms with Gasteiger partial charge in [-0.2, -0.15) is 0 Å². The van der Waals surface area contributed by atoms with Crippen molar-refractivity contribution in [3.63, 3.8) is 0 Å². The summed E-state index contributed by atoms with van der Waals surface area (Å²) in [5, 5.41) is 3.69. The first-order valence-electron chi connectivity index (χ1n) is 7.69. The van der Waals surface area contributed by atoms with Gasteiger partial charge in [0.1, 0.15) is 5.82 Å². The van der Waals surface area contributed by atoms with Gasteiger partial charge in [-0.05, 0) is 43.4 Å². The predicted octanol–water partition coefficient (Wildman–Crippen LogP) is 4.42. The second kappa shape index (κ2) is 6.51. The largest absolute Gasteiger partial charge is 0.313 e. The first kappa shape index (κ1) is 14.5. The van der Waals surface area contributed by atoms with Crippen LogP contribution in [0.4, 0.5) is 4.39 Å². The van der Waals surface area contributed by atoms with Gasteiger partial charge in [-0.25, -0.2) is 4.39 Å². The molecule has 0 bridgehead atoms. The zero-order chi connectivity index (χ0) is 13.7. The van der Waals surface area contributed by atoms with Crippen LogP contribution in [0.1, 0.15) is 57.9 Å². The molecule has 19 heavy (non-hydrogen) atoms. The fourth-order valence-corrected chi connectivity index (χ4v) is 3.08. The Bertz CT molecular complexity index is 375. The highest BCUT2D eigenvalue weighted by Crippen LogP contribution is 2.35. The molecule has 0 radical (unpaired) electrons. The van der Waals surface area contributed by atoms with Gasteiger partial charge in [0.2, 0.25) is 0 Å². The average molecular weight is 263 g/mol. The third kappa shape index (κ3) is 3.79. The molecule has 1 fully saturated rings. The lowest BCUT2D eigenvalue weighted by atomic mass is 9.73. The molecule has 1 N–H and O–H groups in total. The number of hydrogen-bond acceptors (Lipinski definition) is 1. The third-order valence-electron chi connectivity index (χ3n) is 4.22. The van der Waals surface area contributed by atoms with E-state index in [0.717, 1.165) is 12.6 Å². The number of rotatable bonds is 8. The Morgan fingerprint density at radius 1 is 1.11 bits per heavy atom. The minimum Gasteiger partial charge on any atom is -0.313 e. The molecule has 1 nitrogen and oxygen atoms in total. The quantitative estimate of drug-likeness (QED) is 0.732. The summed E-state index contributed by atoms with van der Waals surface area (Å²) >= 11 is 0. The molecule has 0 heterocycles. The van der Waals surface area contributed by atoms with Crippen LogP contribution in [0.15, 0.2) is 24.3 Å². The highest BCUT2D eigenvalue weighted by Gasteiger charge is 2.32. The highest BCUT2D eigenvalue weighted by molar-refractivity contribution is 5.27. The lowest BCUT2D eigenvalue weighted by Gasteiger charge is -2.35. The Morgan fingerprint density at radius 2 is 1.68 bits per heavy atom. The summed E-state index contributed by atoms with van der Waals surface area (Å²) in [5.41, 5.74) is 1.48. The summed E-state index contributed by atoms with van der Waals surface area (Å²) < 4.78 is 13.2. The Labute approximate surface area is 116 Å². The normalized spacial score (nSPS) is 15.7. The van der Waals surface area contributed by atoms with Crippen molar-refractivity contribution in [1.82, 2.24) is 5.32 Å². The molecule has 106 valence electrons. The van der Waals surface area contributed by atoms with Crippen LogP contribution in [0.2, 0.25) is 0 Å². The summed E-state index contributed by atoms with van der Waals surface area (Å²) in [5.74, 6) is -0.138. The predicted molar refractivity (Wildman–Crippen MR) is 78.9 cm³/mol. The summed E-state index contributed by atoms with van der Waals surface area (Å²) in [6, 6.07) is 7.90. The van der Waals surface area contributed by atoms with Crippen molar-refractivity contribution in [2.75, 3.05) is 6.54 Å². The minimum absolute atomic E-state index is 0.138. The van der Waals surface area contributed by atoms with Crippen molar-refractivity contribution in [3.05, 3.63) is 35.6 Å². The third-order valence-corrected chi connectivity index (χ3v) is 4.22. The van der Waals surface area contributed by atoms with E-state index in [1.54, 1.807) is 12.1 Å². The van der Waals surface area contributed by atoms with E-state index in [1.165, 1.54) is 44.1 Å². The molecule has 0 amide bonds. The summed E-state index contributed by atoms with van der Waals surface area (Å²) in [6.07, 6.45) is 7.32. The molecule has 1 aromatic carbocycles. The fraction of sp³-hybridized carbons (Fsp3) is 0.647. The standard InChI is InChI=1S/C17H26FN/c1-3-11-17(12-4-2,13-19-16-9-10-16)14-5-7-15(18)8-6-14/h5-8,16,19H,3-4,9-13H2,1-2H3. The number of hydrogen-bond donors (Lipinski definition) is 1. The van der Waals surface area contributed by atoms with Crippen LogP contribution in [-0.2, 0) is 5.41 Å². The molecule has 1 aliphatic rings. The van der Waals surface area contributed by atoms with Crippen molar-refractivity contribution in [2.24, 2.45) is 0 Å². The average Bonchev–Trinajstić information content (AvgIpc) is 3.21. The molecule has 0 atom stereocenters. The number of benzene rings is 1. The minimum atomic E-state index is -0.138. The van der Waals surface area contributed by atoms with Crippen molar-refractivity contribution in [2.45, 2.75) is 63.8 Å². The molecule has 2 rings (SSSR count). The van der Waals surface area contributed by atoms with Crippen LogP contribution in [0.3, 0.4) is 0 Å². The molecule has 0 unspecified atom stereocenters. The molecule has 0 aromatic heterocycles. The second-order valence-corrected chi connectivity index (χ2v) is 5.94. The zero-order valence-corrected chi connectivity index (χ0v) is 12.2. The molecular formula is C17H26FN. The molecule has 2 heteroatoms. The lowest BCUT2D eigenvalue weighted by molar-refractivity contribution is 0.333. The van der Waals surface area contributed by atoms with E-state index in [0.29, 0.717) is 0 Å². The molecule has 1 aromatic rings. The van der Waals surface area contributed by atoms with Crippen LogP contribution in [0.5, 0.6) is 0 Å². The summed E-state index contributed by atoms with van der Waals surface area (Å²) in [7, 11) is 0. The van der Waals surface area contributed by atoms with Crippen LogP contribution in [0, 0.1) is 5.82 Å². The first-order valence-corrected chi connectivity index (χ1v) is 7.69. The van der Waals surface area contributed by atoms with Gasteiger partial charge in [0.25, 0.3) is 0 Å². The first-order chi connectivity index (χ1) is 9.20. The highest BCUT2D eigenvalue weighted by atomic mass is 19.1. The summed E-state index contributed by atoms with van der Waals surface area (Å²) in [4.78, 5) is 0. The van der Waals surface area contributed by atoms with Crippen LogP contribution in [0.25, 0.3) is 0 Å². The maximum atomic E-state index is 13.2. The number of nitrogens with one attached hydrogen (secondary N) is 1. The molecule has 0 saturated heterocycles. The van der Waals surface area contributed by atoms with Crippen molar-refractivity contribution in [3.8, 4) is 0 Å². The Balaban J connectivity index is 2.19. The molecular weight excluding hydrogens is 237 g/mol. The van der Waals surface area contributed by atoms with Gasteiger partial charge < -0.3 is 5.32 Å². The van der Waals surface area contributed by atoms with Crippen molar-refractivity contribution < 1.29 is 4.39 Å². The van der Waals surface area contributed by atoms with E-state index in [2.05, 4.69) is 19.2 Å². The lowest BCUT2D eigenvalue weighted by Crippen LogP contribution is -2.39.